The maximum Gasteiger partial charge on any atom is 0.309 e. The molecule has 15 atom stereocenters. The molecule has 186 valence electrons. The van der Waals surface area contributed by atoms with Gasteiger partial charge in [0.15, 0.2) is 0 Å². The highest BCUT2D eigenvalue weighted by Crippen LogP contribution is 2.60. The van der Waals surface area contributed by atoms with Gasteiger partial charge >= 0.3 is 5.97 Å². The van der Waals surface area contributed by atoms with Gasteiger partial charge in [-0.05, 0) is 95.3 Å². The number of hydrogen-bond donors (Lipinski definition) is 2. The summed E-state index contributed by atoms with van der Waals surface area (Å²) < 4.78 is 19.2. The van der Waals surface area contributed by atoms with Crippen LogP contribution < -0.4 is 0 Å². The number of carbonyl (C=O) groups is 1. The Morgan fingerprint density at radius 3 is 2.15 bits per heavy atom. The minimum atomic E-state index is -0.634. The van der Waals surface area contributed by atoms with Gasteiger partial charge in [-0.25, -0.2) is 0 Å². The summed E-state index contributed by atoms with van der Waals surface area (Å²) in [7, 11) is 0. The molecular weight excluding hydrogens is 420 g/mol. The summed E-state index contributed by atoms with van der Waals surface area (Å²) in [5.41, 5.74) is -0.445. The van der Waals surface area contributed by atoms with Gasteiger partial charge in [0.2, 0.25) is 0 Å². The summed E-state index contributed by atoms with van der Waals surface area (Å²) in [6.07, 6.45) is 4.38. The number of esters is 1. The van der Waals surface area contributed by atoms with E-state index in [4.69, 9.17) is 14.2 Å². The Hall–Kier alpha value is -0.690. The second kappa shape index (κ2) is 7.65. The van der Waals surface area contributed by atoms with Gasteiger partial charge in [-0.1, -0.05) is 6.92 Å². The number of carbonyl (C=O) groups excluding carboxylic acids is 1. The van der Waals surface area contributed by atoms with E-state index < -0.39 is 17.8 Å². The SMILES string of the molecule is CC1CC2C3CC(C(O)C3O)C2OC1C1CC2C3CC(C(=O)OC(C)(C)C)C(C3)C2OC1C. The van der Waals surface area contributed by atoms with Crippen LogP contribution in [0.3, 0.4) is 0 Å². The first-order valence-electron chi connectivity index (χ1n) is 13.4. The molecule has 0 amide bonds. The van der Waals surface area contributed by atoms with Gasteiger partial charge in [0.25, 0.3) is 0 Å². The molecule has 0 aromatic rings. The Labute approximate surface area is 197 Å². The van der Waals surface area contributed by atoms with Crippen LogP contribution in [0.15, 0.2) is 0 Å². The fraction of sp³-hybridized carbons (Fsp3) is 0.963. The lowest BCUT2D eigenvalue weighted by Gasteiger charge is -2.52. The van der Waals surface area contributed by atoms with Gasteiger partial charge in [0, 0.05) is 11.8 Å². The van der Waals surface area contributed by atoms with E-state index in [1.165, 1.54) is 0 Å². The molecule has 0 aromatic carbocycles. The molecule has 33 heavy (non-hydrogen) atoms. The van der Waals surface area contributed by atoms with Gasteiger partial charge in [-0.3, -0.25) is 4.79 Å². The third kappa shape index (κ3) is 3.45. The second-order valence-electron chi connectivity index (χ2n) is 13.4. The second-order valence-corrected chi connectivity index (χ2v) is 13.4. The Bertz CT molecular complexity index is 792. The van der Waals surface area contributed by atoms with Gasteiger partial charge in [0.05, 0.1) is 42.5 Å². The fourth-order valence-electron chi connectivity index (χ4n) is 9.17. The molecule has 2 aliphatic heterocycles. The molecule has 0 radical (unpaired) electrons. The van der Waals surface area contributed by atoms with Crippen LogP contribution in [-0.4, -0.2) is 58.4 Å². The van der Waals surface area contributed by atoms with E-state index in [1.54, 1.807) is 0 Å². The van der Waals surface area contributed by atoms with Crippen LogP contribution in [0.4, 0.5) is 0 Å². The van der Waals surface area contributed by atoms with Crippen LogP contribution in [0.25, 0.3) is 0 Å². The molecule has 0 spiro atoms. The van der Waals surface area contributed by atoms with Crippen LogP contribution in [0.1, 0.15) is 66.7 Å². The minimum absolute atomic E-state index is 0.0215. The number of aliphatic hydroxyl groups excluding tert-OH is 2. The molecule has 2 N–H and O–H groups in total. The van der Waals surface area contributed by atoms with E-state index in [0.717, 1.165) is 32.1 Å². The summed E-state index contributed by atoms with van der Waals surface area (Å²) in [6.45, 7) is 10.3. The van der Waals surface area contributed by atoms with Crippen LogP contribution in [0, 0.1) is 53.3 Å². The monoisotopic (exact) mass is 462 g/mol. The standard InChI is InChI=1S/C27H42O6/c1-11-6-17-16-10-20(22(29)21(16)28)25(17)32-23(11)14-9-15-13-7-18(24(15)31-12(14)2)19(8-13)26(30)33-27(3,4)5/h11-25,28-29H,6-10H2,1-5H3. The number of rotatable bonds is 2. The molecule has 4 aliphatic carbocycles. The predicted octanol–water partition coefficient (Wildman–Crippen LogP) is 3.18. The van der Waals surface area contributed by atoms with E-state index in [0.29, 0.717) is 29.6 Å². The minimum Gasteiger partial charge on any atom is -0.460 e. The van der Waals surface area contributed by atoms with Crippen molar-refractivity contribution >= 4 is 5.97 Å². The molecule has 6 aliphatic rings. The largest absolute Gasteiger partial charge is 0.460 e. The van der Waals surface area contributed by atoms with Gasteiger partial charge in [0.1, 0.15) is 5.60 Å². The van der Waals surface area contributed by atoms with Gasteiger partial charge in [-0.15, -0.1) is 0 Å². The molecular formula is C27H42O6. The first-order valence-corrected chi connectivity index (χ1v) is 13.4. The maximum atomic E-state index is 12.8. The summed E-state index contributed by atoms with van der Waals surface area (Å²) in [5.74, 6) is 2.70. The highest BCUT2D eigenvalue weighted by Gasteiger charge is 2.63. The van der Waals surface area contributed by atoms with E-state index >= 15 is 0 Å². The number of fused-ring (bicyclic) bond motifs is 10. The van der Waals surface area contributed by atoms with Crippen LogP contribution in [0.2, 0.25) is 0 Å². The Balaban J connectivity index is 1.14. The molecule has 15 unspecified atom stereocenters. The molecule has 6 rings (SSSR count). The maximum absolute atomic E-state index is 12.8. The van der Waals surface area contributed by atoms with Crippen LogP contribution in [-0.2, 0) is 19.0 Å². The Morgan fingerprint density at radius 2 is 1.42 bits per heavy atom. The number of ether oxygens (including phenoxy) is 3. The lowest BCUT2D eigenvalue weighted by atomic mass is 9.67. The van der Waals surface area contributed by atoms with Crippen molar-refractivity contribution in [3.05, 3.63) is 0 Å². The van der Waals surface area contributed by atoms with Gasteiger partial charge in [-0.2, -0.15) is 0 Å². The molecule has 6 heteroatoms. The van der Waals surface area contributed by atoms with Crippen LogP contribution >= 0.6 is 0 Å². The number of hydrogen-bond acceptors (Lipinski definition) is 6. The topological polar surface area (TPSA) is 85.2 Å². The predicted molar refractivity (Wildman–Crippen MR) is 121 cm³/mol. The highest BCUT2D eigenvalue weighted by atomic mass is 16.6. The average Bonchev–Trinajstić information content (AvgIpc) is 3.46. The summed E-state index contributed by atoms with van der Waals surface area (Å²) in [5, 5.41) is 20.9. The zero-order valence-electron chi connectivity index (χ0n) is 20.7. The quantitative estimate of drug-likeness (QED) is 0.613. The van der Waals surface area contributed by atoms with E-state index in [-0.39, 0.29) is 54.1 Å². The molecule has 4 bridgehead atoms. The Morgan fingerprint density at radius 1 is 0.758 bits per heavy atom. The van der Waals surface area contributed by atoms with Gasteiger partial charge < -0.3 is 24.4 Å². The van der Waals surface area contributed by atoms with Crippen molar-refractivity contribution in [3.8, 4) is 0 Å². The lowest BCUT2D eigenvalue weighted by molar-refractivity contribution is -0.224. The van der Waals surface area contributed by atoms with Crippen molar-refractivity contribution in [2.24, 2.45) is 53.3 Å². The zero-order chi connectivity index (χ0) is 23.4. The van der Waals surface area contributed by atoms with Crippen molar-refractivity contribution in [1.82, 2.24) is 0 Å². The molecule has 2 heterocycles. The van der Waals surface area contributed by atoms with Crippen molar-refractivity contribution in [2.75, 3.05) is 0 Å². The summed E-state index contributed by atoms with van der Waals surface area (Å²) >= 11 is 0. The molecule has 6 fully saturated rings. The normalized spacial score (nSPS) is 57.1. The molecule has 4 saturated carbocycles. The van der Waals surface area contributed by atoms with Crippen molar-refractivity contribution in [2.45, 2.75) is 109 Å². The summed E-state index contributed by atoms with van der Waals surface area (Å²) in [4.78, 5) is 12.8. The molecule has 6 nitrogen and oxygen atoms in total. The van der Waals surface area contributed by atoms with E-state index in [2.05, 4.69) is 13.8 Å². The zero-order valence-corrected chi connectivity index (χ0v) is 20.7. The Kier molecular flexibility index (Phi) is 5.28. The first kappa shape index (κ1) is 22.8. The highest BCUT2D eigenvalue weighted by molar-refractivity contribution is 5.74. The van der Waals surface area contributed by atoms with Crippen molar-refractivity contribution in [1.29, 1.82) is 0 Å². The van der Waals surface area contributed by atoms with Crippen molar-refractivity contribution < 1.29 is 29.2 Å². The van der Waals surface area contributed by atoms with Crippen LogP contribution in [0.5, 0.6) is 0 Å². The number of aliphatic hydroxyl groups is 2. The van der Waals surface area contributed by atoms with E-state index in [1.807, 2.05) is 20.8 Å². The van der Waals surface area contributed by atoms with Crippen molar-refractivity contribution in [3.63, 3.8) is 0 Å². The molecule has 0 aromatic heterocycles. The third-order valence-electron chi connectivity index (χ3n) is 10.4. The summed E-state index contributed by atoms with van der Waals surface area (Å²) in [6, 6.07) is 0. The fourth-order valence-corrected chi connectivity index (χ4v) is 9.17. The molecule has 2 saturated heterocycles. The van der Waals surface area contributed by atoms with E-state index in [9.17, 15) is 15.0 Å². The first-order chi connectivity index (χ1) is 15.5. The smallest absolute Gasteiger partial charge is 0.309 e. The average molecular weight is 463 g/mol. The third-order valence-corrected chi connectivity index (χ3v) is 10.4. The lowest BCUT2D eigenvalue weighted by Crippen LogP contribution is -2.56.